The van der Waals surface area contributed by atoms with Gasteiger partial charge in [-0.2, -0.15) is 0 Å². The first-order valence-corrected chi connectivity index (χ1v) is 11.6. The van der Waals surface area contributed by atoms with Crippen LogP contribution in [0.2, 0.25) is 0 Å². The topological polar surface area (TPSA) is 56.2 Å². The molecule has 2 aromatic rings. The molecule has 2 fully saturated rings. The Bertz CT molecular complexity index is 911. The van der Waals surface area contributed by atoms with E-state index in [9.17, 15) is 9.90 Å². The zero-order valence-electron chi connectivity index (χ0n) is 18.1. The Labute approximate surface area is 192 Å². The van der Waals surface area contributed by atoms with E-state index in [0.717, 1.165) is 47.4 Å². The maximum Gasteiger partial charge on any atom is 0.325 e. The maximum atomic E-state index is 13.6. The highest BCUT2D eigenvalue weighted by Crippen LogP contribution is 2.39. The Balaban J connectivity index is 1.61. The van der Waals surface area contributed by atoms with E-state index in [4.69, 9.17) is 4.74 Å². The van der Waals surface area contributed by atoms with E-state index in [1.54, 1.807) is 7.11 Å². The van der Waals surface area contributed by atoms with Crippen molar-refractivity contribution in [2.75, 3.05) is 38.2 Å². The molecule has 1 spiro atoms. The van der Waals surface area contributed by atoms with Crippen molar-refractivity contribution in [1.82, 2.24) is 9.80 Å². The lowest BCUT2D eigenvalue weighted by molar-refractivity contribution is 0.0488. The molecule has 0 unspecified atom stereocenters. The molecule has 2 saturated heterocycles. The van der Waals surface area contributed by atoms with Crippen LogP contribution in [0.25, 0.3) is 0 Å². The molecule has 0 radical (unpaired) electrons. The minimum atomic E-state index is -0.341. The van der Waals surface area contributed by atoms with Crippen LogP contribution in [-0.2, 0) is 6.54 Å². The first-order chi connectivity index (χ1) is 14.9. The van der Waals surface area contributed by atoms with Gasteiger partial charge < -0.3 is 19.6 Å². The van der Waals surface area contributed by atoms with Gasteiger partial charge in [0.05, 0.1) is 25.3 Å². The summed E-state index contributed by atoms with van der Waals surface area (Å²) in [4.78, 5) is 19.9. The summed E-state index contributed by atoms with van der Waals surface area (Å²) in [5, 5.41) is 9.78. The number of ether oxygens (including phenoxy) is 1. The van der Waals surface area contributed by atoms with Crippen molar-refractivity contribution < 1.29 is 14.6 Å². The highest BCUT2D eigenvalue weighted by atomic mass is 79.9. The summed E-state index contributed by atoms with van der Waals surface area (Å²) in [5.74, 6) is 0.801. The second-order valence-electron chi connectivity index (χ2n) is 8.66. The van der Waals surface area contributed by atoms with Gasteiger partial charge in [-0.25, -0.2) is 4.79 Å². The van der Waals surface area contributed by atoms with Crippen molar-refractivity contribution in [2.45, 2.75) is 38.0 Å². The van der Waals surface area contributed by atoms with Crippen LogP contribution < -0.4 is 9.64 Å². The Kier molecular flexibility index (Phi) is 6.55. The fraction of sp³-hybridized carbons (Fsp3) is 0.458. The predicted molar refractivity (Wildman–Crippen MR) is 126 cm³/mol. The van der Waals surface area contributed by atoms with E-state index in [-0.39, 0.29) is 17.7 Å². The average Bonchev–Trinajstić information content (AvgIpc) is 3.02. The van der Waals surface area contributed by atoms with Gasteiger partial charge in [0.2, 0.25) is 0 Å². The molecule has 0 bridgehead atoms. The molecule has 0 aliphatic carbocycles. The number of β-amino-alcohol motifs (C(OH)–C–C–N with tert-alkyl or cyclic N) is 1. The molecule has 2 heterocycles. The summed E-state index contributed by atoms with van der Waals surface area (Å²) in [6.07, 6.45) is 1.44. The van der Waals surface area contributed by atoms with Crippen LogP contribution >= 0.6 is 15.9 Å². The lowest BCUT2D eigenvalue weighted by Crippen LogP contribution is -2.54. The molecule has 166 valence electrons. The van der Waals surface area contributed by atoms with Crippen LogP contribution in [0, 0.1) is 0 Å². The number of methoxy groups -OCH3 is 1. The number of hydrogen-bond acceptors (Lipinski definition) is 4. The fourth-order valence-corrected chi connectivity index (χ4v) is 5.03. The smallest absolute Gasteiger partial charge is 0.325 e. The van der Waals surface area contributed by atoms with Gasteiger partial charge in [-0.1, -0.05) is 28.1 Å². The zero-order valence-corrected chi connectivity index (χ0v) is 19.7. The minimum absolute atomic E-state index is 0.0501. The first kappa shape index (κ1) is 22.1. The number of amides is 2. The van der Waals surface area contributed by atoms with E-state index in [1.807, 2.05) is 60.4 Å². The Hall–Kier alpha value is -2.09. The van der Waals surface area contributed by atoms with Crippen molar-refractivity contribution in [3.05, 3.63) is 58.6 Å². The van der Waals surface area contributed by atoms with Crippen LogP contribution in [-0.4, -0.2) is 65.9 Å². The van der Waals surface area contributed by atoms with Crippen molar-refractivity contribution in [1.29, 1.82) is 0 Å². The number of urea groups is 1. The number of anilines is 1. The van der Waals surface area contributed by atoms with E-state index >= 15 is 0 Å². The monoisotopic (exact) mass is 487 g/mol. The number of carbonyl (C=O) groups excluding carboxylic acids is 1. The molecule has 6 nitrogen and oxygen atoms in total. The van der Waals surface area contributed by atoms with E-state index in [0.29, 0.717) is 19.6 Å². The molecule has 2 aliphatic rings. The molecule has 2 amide bonds. The summed E-state index contributed by atoms with van der Waals surface area (Å²) < 4.78 is 6.38. The SMILES string of the molecule is COc1cccc(CN2C(=O)N(c3ccc(Br)cc3)CC23CCN(C[C@H](C)O)CC3)c1. The number of halogens is 1. The number of piperidine rings is 1. The van der Waals surface area contributed by atoms with Crippen LogP contribution in [0.15, 0.2) is 53.0 Å². The van der Waals surface area contributed by atoms with Crippen molar-refractivity contribution >= 4 is 27.6 Å². The number of rotatable bonds is 6. The van der Waals surface area contributed by atoms with E-state index in [2.05, 4.69) is 25.7 Å². The Morgan fingerprint density at radius 3 is 2.52 bits per heavy atom. The zero-order chi connectivity index (χ0) is 22.0. The van der Waals surface area contributed by atoms with Gasteiger partial charge >= 0.3 is 6.03 Å². The summed E-state index contributed by atoms with van der Waals surface area (Å²) >= 11 is 3.48. The molecule has 2 aromatic carbocycles. The molecule has 2 aliphatic heterocycles. The largest absolute Gasteiger partial charge is 0.497 e. The highest BCUT2D eigenvalue weighted by molar-refractivity contribution is 9.10. The summed E-state index contributed by atoms with van der Waals surface area (Å²) in [6, 6.07) is 15.9. The number of nitrogens with zero attached hydrogens (tertiary/aromatic N) is 3. The summed E-state index contributed by atoms with van der Waals surface area (Å²) in [5.41, 5.74) is 1.77. The second-order valence-corrected chi connectivity index (χ2v) is 9.57. The van der Waals surface area contributed by atoms with Crippen LogP contribution in [0.5, 0.6) is 5.75 Å². The Morgan fingerprint density at radius 2 is 1.87 bits per heavy atom. The van der Waals surface area contributed by atoms with Gasteiger partial charge in [-0.05, 0) is 61.7 Å². The lowest BCUT2D eigenvalue weighted by Gasteiger charge is -2.44. The van der Waals surface area contributed by atoms with E-state index in [1.165, 1.54) is 0 Å². The van der Waals surface area contributed by atoms with Crippen molar-refractivity contribution in [3.8, 4) is 5.75 Å². The van der Waals surface area contributed by atoms with Crippen molar-refractivity contribution in [2.24, 2.45) is 0 Å². The van der Waals surface area contributed by atoms with Crippen LogP contribution in [0.4, 0.5) is 10.5 Å². The van der Waals surface area contributed by atoms with Crippen LogP contribution in [0.3, 0.4) is 0 Å². The third-order valence-electron chi connectivity index (χ3n) is 6.41. The Morgan fingerprint density at radius 1 is 1.16 bits per heavy atom. The van der Waals surface area contributed by atoms with Crippen molar-refractivity contribution in [3.63, 3.8) is 0 Å². The number of benzene rings is 2. The minimum Gasteiger partial charge on any atom is -0.497 e. The summed E-state index contributed by atoms with van der Waals surface area (Å²) in [6.45, 7) is 5.49. The summed E-state index contributed by atoms with van der Waals surface area (Å²) in [7, 11) is 1.66. The fourth-order valence-electron chi connectivity index (χ4n) is 4.76. The molecule has 31 heavy (non-hydrogen) atoms. The second kappa shape index (κ2) is 9.18. The maximum absolute atomic E-state index is 13.6. The van der Waals surface area contributed by atoms with E-state index < -0.39 is 0 Å². The molecular weight excluding hydrogens is 458 g/mol. The molecular formula is C24H30BrN3O3. The van der Waals surface area contributed by atoms with Gasteiger partial charge in [0.15, 0.2) is 0 Å². The van der Waals surface area contributed by atoms with Gasteiger partial charge in [0.25, 0.3) is 0 Å². The molecule has 4 rings (SSSR count). The first-order valence-electron chi connectivity index (χ1n) is 10.8. The molecule has 0 saturated carbocycles. The van der Waals surface area contributed by atoms with Gasteiger partial charge in [0, 0.05) is 36.3 Å². The van der Waals surface area contributed by atoms with Gasteiger partial charge in [-0.3, -0.25) is 4.90 Å². The molecule has 0 aromatic heterocycles. The number of aliphatic hydroxyl groups excluding tert-OH is 1. The number of hydrogen-bond donors (Lipinski definition) is 1. The molecule has 7 heteroatoms. The molecule has 1 atom stereocenters. The number of carbonyl (C=O) groups is 1. The normalized spacial score (nSPS) is 19.8. The predicted octanol–water partition coefficient (Wildman–Crippen LogP) is 4.12. The number of aliphatic hydroxyl groups is 1. The van der Waals surface area contributed by atoms with Crippen LogP contribution in [0.1, 0.15) is 25.3 Å². The average molecular weight is 488 g/mol. The third-order valence-corrected chi connectivity index (χ3v) is 6.94. The lowest BCUT2D eigenvalue weighted by atomic mass is 9.86. The third kappa shape index (κ3) is 4.73. The van der Waals surface area contributed by atoms with Gasteiger partial charge in [-0.15, -0.1) is 0 Å². The molecule has 1 N–H and O–H groups in total. The highest BCUT2D eigenvalue weighted by Gasteiger charge is 2.51. The van der Waals surface area contributed by atoms with Gasteiger partial charge in [0.1, 0.15) is 5.75 Å². The standard InChI is InChI=1S/C24H30BrN3O3/c1-18(29)15-26-12-10-24(11-13-26)17-27(21-8-6-20(25)7-9-21)23(30)28(24)16-19-4-3-5-22(14-19)31-2/h3-9,14,18,29H,10-13,15-17H2,1-2H3/t18-/m0/s1. The number of likely N-dealkylation sites (tertiary alicyclic amines) is 1. The quantitative estimate of drug-likeness (QED) is 0.665.